The van der Waals surface area contributed by atoms with Crippen LogP contribution in [0.3, 0.4) is 0 Å². The average Bonchev–Trinajstić information content (AvgIpc) is 2.35. The molecule has 94 valence electrons. The molecule has 4 nitrogen and oxygen atoms in total. The van der Waals surface area contributed by atoms with Crippen LogP contribution in [0.15, 0.2) is 30.5 Å². The Bertz CT molecular complexity index is 551. The molecular weight excluding hydrogens is 257 g/mol. The first-order valence-corrected chi connectivity index (χ1v) is 5.74. The van der Waals surface area contributed by atoms with Gasteiger partial charge < -0.3 is 10.1 Å². The first kappa shape index (κ1) is 12.6. The molecule has 0 spiro atoms. The molecule has 18 heavy (non-hydrogen) atoms. The van der Waals surface area contributed by atoms with E-state index in [2.05, 4.69) is 15.3 Å². The minimum Gasteiger partial charge on any atom is -0.478 e. The van der Waals surface area contributed by atoms with E-state index in [1.807, 2.05) is 6.92 Å². The predicted molar refractivity (Wildman–Crippen MR) is 67.9 cm³/mol. The predicted octanol–water partition coefficient (Wildman–Crippen LogP) is 3.41. The lowest BCUT2D eigenvalue weighted by atomic mass is 10.3. The maximum atomic E-state index is 13.0. The Balaban J connectivity index is 2.17. The van der Waals surface area contributed by atoms with E-state index in [1.165, 1.54) is 12.1 Å². The highest BCUT2D eigenvalue weighted by Crippen LogP contribution is 2.21. The first-order valence-electron chi connectivity index (χ1n) is 5.37. The van der Waals surface area contributed by atoms with Crippen LogP contribution in [0.4, 0.5) is 16.0 Å². The van der Waals surface area contributed by atoms with Crippen molar-refractivity contribution >= 4 is 23.2 Å². The Hall–Kier alpha value is -1.88. The zero-order valence-corrected chi connectivity index (χ0v) is 10.4. The van der Waals surface area contributed by atoms with Gasteiger partial charge in [-0.2, -0.15) is 4.98 Å². The van der Waals surface area contributed by atoms with Crippen molar-refractivity contribution in [2.75, 3.05) is 11.9 Å². The topological polar surface area (TPSA) is 47.0 Å². The second kappa shape index (κ2) is 5.64. The van der Waals surface area contributed by atoms with Gasteiger partial charge in [0.05, 0.1) is 11.6 Å². The van der Waals surface area contributed by atoms with Crippen molar-refractivity contribution in [3.63, 3.8) is 0 Å². The van der Waals surface area contributed by atoms with Gasteiger partial charge in [-0.05, 0) is 25.1 Å². The van der Waals surface area contributed by atoms with Gasteiger partial charge in [-0.15, -0.1) is 0 Å². The van der Waals surface area contributed by atoms with Crippen molar-refractivity contribution in [3.8, 4) is 5.88 Å². The van der Waals surface area contributed by atoms with Crippen LogP contribution in [0.2, 0.25) is 5.02 Å². The summed E-state index contributed by atoms with van der Waals surface area (Å²) in [6.07, 6.45) is 1.57. The van der Waals surface area contributed by atoms with E-state index < -0.39 is 5.82 Å². The minimum atomic E-state index is -0.466. The summed E-state index contributed by atoms with van der Waals surface area (Å²) in [6.45, 7) is 2.40. The first-order chi connectivity index (χ1) is 8.69. The van der Waals surface area contributed by atoms with Gasteiger partial charge >= 0.3 is 0 Å². The summed E-state index contributed by atoms with van der Waals surface area (Å²) < 4.78 is 18.2. The molecule has 0 aliphatic heterocycles. The lowest BCUT2D eigenvalue weighted by molar-refractivity contribution is 0.327. The van der Waals surface area contributed by atoms with Crippen LogP contribution >= 0.6 is 11.6 Å². The maximum absolute atomic E-state index is 13.0. The molecule has 0 amide bonds. The summed E-state index contributed by atoms with van der Waals surface area (Å²) >= 11 is 5.68. The smallest absolute Gasteiger partial charge is 0.230 e. The van der Waals surface area contributed by atoms with Crippen LogP contribution in [0.5, 0.6) is 5.88 Å². The number of hydrogen-bond acceptors (Lipinski definition) is 4. The zero-order valence-electron chi connectivity index (χ0n) is 9.65. The van der Waals surface area contributed by atoms with E-state index in [4.69, 9.17) is 16.3 Å². The molecule has 6 heteroatoms. The molecule has 0 atom stereocenters. The second-order valence-corrected chi connectivity index (χ2v) is 3.81. The van der Waals surface area contributed by atoms with Gasteiger partial charge in [0, 0.05) is 18.0 Å². The number of rotatable bonds is 4. The Morgan fingerprint density at radius 1 is 1.39 bits per heavy atom. The Morgan fingerprint density at radius 2 is 2.22 bits per heavy atom. The lowest BCUT2D eigenvalue weighted by Crippen LogP contribution is -2.00. The number of nitrogens with zero attached hydrogens (tertiary/aromatic N) is 2. The van der Waals surface area contributed by atoms with Crippen LogP contribution in [0.25, 0.3) is 0 Å². The van der Waals surface area contributed by atoms with Gasteiger partial charge in [-0.3, -0.25) is 0 Å². The summed E-state index contributed by atoms with van der Waals surface area (Å²) in [5.41, 5.74) is 0.607. The quantitative estimate of drug-likeness (QED) is 0.922. The summed E-state index contributed by atoms with van der Waals surface area (Å²) in [5.74, 6) is 0.373. The lowest BCUT2D eigenvalue weighted by Gasteiger charge is -2.07. The molecule has 1 aromatic heterocycles. The largest absolute Gasteiger partial charge is 0.478 e. The molecule has 1 heterocycles. The third-order valence-corrected chi connectivity index (χ3v) is 2.39. The summed E-state index contributed by atoms with van der Waals surface area (Å²) in [6, 6.07) is 5.95. The molecular formula is C12H11ClFN3O. The zero-order chi connectivity index (χ0) is 13.0. The van der Waals surface area contributed by atoms with Crippen molar-refractivity contribution in [2.24, 2.45) is 0 Å². The van der Waals surface area contributed by atoms with Crippen molar-refractivity contribution in [1.29, 1.82) is 0 Å². The van der Waals surface area contributed by atoms with Gasteiger partial charge in [0.15, 0.2) is 0 Å². The molecule has 1 aromatic carbocycles. The SMILES string of the molecule is CCOc1ccnc(Nc2ccc(F)c(Cl)c2)n1. The highest BCUT2D eigenvalue weighted by atomic mass is 35.5. The molecule has 0 fully saturated rings. The molecule has 0 aliphatic carbocycles. The monoisotopic (exact) mass is 267 g/mol. The fraction of sp³-hybridized carbons (Fsp3) is 0.167. The molecule has 0 unspecified atom stereocenters. The van der Waals surface area contributed by atoms with E-state index in [-0.39, 0.29) is 5.02 Å². The standard InChI is InChI=1S/C12H11ClFN3O/c1-2-18-11-5-6-15-12(17-11)16-8-3-4-10(14)9(13)7-8/h3-7H,2H2,1H3,(H,15,16,17). The van der Waals surface area contributed by atoms with Gasteiger partial charge in [0.1, 0.15) is 5.82 Å². The van der Waals surface area contributed by atoms with Crippen molar-refractivity contribution in [3.05, 3.63) is 41.3 Å². The van der Waals surface area contributed by atoms with Gasteiger partial charge in [-0.25, -0.2) is 9.37 Å². The summed E-state index contributed by atoms with van der Waals surface area (Å²) in [7, 11) is 0. The Morgan fingerprint density at radius 3 is 2.94 bits per heavy atom. The van der Waals surface area contributed by atoms with Gasteiger partial charge in [-0.1, -0.05) is 11.6 Å². The second-order valence-electron chi connectivity index (χ2n) is 3.41. The molecule has 0 saturated carbocycles. The Kier molecular flexibility index (Phi) is 3.94. The Labute approximate surface area is 109 Å². The van der Waals surface area contributed by atoms with Gasteiger partial charge in [0.25, 0.3) is 0 Å². The summed E-state index contributed by atoms with van der Waals surface area (Å²) in [5, 5.41) is 2.96. The maximum Gasteiger partial charge on any atom is 0.230 e. The van der Waals surface area contributed by atoms with E-state index in [9.17, 15) is 4.39 Å². The van der Waals surface area contributed by atoms with Crippen molar-refractivity contribution < 1.29 is 9.13 Å². The van der Waals surface area contributed by atoms with Crippen molar-refractivity contribution in [2.45, 2.75) is 6.92 Å². The molecule has 0 aliphatic rings. The molecule has 0 saturated heterocycles. The molecule has 2 rings (SSSR count). The molecule has 0 radical (unpaired) electrons. The number of nitrogens with one attached hydrogen (secondary N) is 1. The number of halogens is 2. The van der Waals surface area contributed by atoms with E-state index >= 15 is 0 Å². The number of hydrogen-bond donors (Lipinski definition) is 1. The highest BCUT2D eigenvalue weighted by molar-refractivity contribution is 6.31. The minimum absolute atomic E-state index is 0.0426. The number of ether oxygens (including phenoxy) is 1. The normalized spacial score (nSPS) is 10.2. The number of aromatic nitrogens is 2. The van der Waals surface area contributed by atoms with E-state index in [0.717, 1.165) is 0 Å². The average molecular weight is 268 g/mol. The van der Waals surface area contributed by atoms with Crippen LogP contribution in [0, 0.1) is 5.82 Å². The third kappa shape index (κ3) is 3.07. The van der Waals surface area contributed by atoms with Crippen LogP contribution in [-0.4, -0.2) is 16.6 Å². The highest BCUT2D eigenvalue weighted by Gasteiger charge is 2.03. The fourth-order valence-corrected chi connectivity index (χ4v) is 1.51. The summed E-state index contributed by atoms with van der Waals surface area (Å²) in [4.78, 5) is 8.16. The van der Waals surface area contributed by atoms with Crippen molar-refractivity contribution in [1.82, 2.24) is 9.97 Å². The number of anilines is 2. The van der Waals surface area contributed by atoms with Crippen LogP contribution < -0.4 is 10.1 Å². The third-order valence-electron chi connectivity index (χ3n) is 2.10. The van der Waals surface area contributed by atoms with E-state index in [0.29, 0.717) is 24.1 Å². The molecule has 2 aromatic rings. The van der Waals surface area contributed by atoms with Gasteiger partial charge in [0.2, 0.25) is 11.8 Å². The number of benzene rings is 1. The van der Waals surface area contributed by atoms with Crippen LogP contribution in [0.1, 0.15) is 6.92 Å². The van der Waals surface area contributed by atoms with E-state index in [1.54, 1.807) is 18.3 Å². The fourth-order valence-electron chi connectivity index (χ4n) is 1.33. The molecule has 0 bridgehead atoms. The van der Waals surface area contributed by atoms with Crippen LogP contribution in [-0.2, 0) is 0 Å². The molecule has 1 N–H and O–H groups in total.